The second-order valence-corrected chi connectivity index (χ2v) is 11.3. The first-order chi connectivity index (χ1) is 17.9. The average molecular weight is 542 g/mol. The highest BCUT2D eigenvalue weighted by molar-refractivity contribution is 7.89. The van der Waals surface area contributed by atoms with Crippen LogP contribution >= 0.6 is 0 Å². The van der Waals surface area contributed by atoms with E-state index in [1.807, 2.05) is 39.0 Å². The van der Waals surface area contributed by atoms with Gasteiger partial charge in [0.2, 0.25) is 15.9 Å². The Balaban J connectivity index is 1.88. The van der Waals surface area contributed by atoms with Crippen LogP contribution in [0.1, 0.15) is 60.3 Å². The van der Waals surface area contributed by atoms with Crippen molar-refractivity contribution in [2.45, 2.75) is 70.9 Å². The Morgan fingerprint density at radius 2 is 1.92 bits per heavy atom. The van der Waals surface area contributed by atoms with Crippen LogP contribution in [-0.4, -0.2) is 41.1 Å². The lowest BCUT2D eigenvalue weighted by molar-refractivity contribution is -0.385. The molecule has 2 aromatic carbocycles. The predicted octanol–water partition coefficient (Wildman–Crippen LogP) is 4.47. The van der Waals surface area contributed by atoms with E-state index in [-0.39, 0.29) is 34.2 Å². The highest BCUT2D eigenvalue weighted by Crippen LogP contribution is 2.36. The van der Waals surface area contributed by atoms with Crippen LogP contribution in [0.25, 0.3) is 5.69 Å². The van der Waals surface area contributed by atoms with Gasteiger partial charge >= 0.3 is 0 Å². The van der Waals surface area contributed by atoms with Gasteiger partial charge in [0.1, 0.15) is 10.6 Å². The number of nitro groups is 1. The van der Waals surface area contributed by atoms with Gasteiger partial charge in [-0.3, -0.25) is 14.9 Å². The van der Waals surface area contributed by atoms with Crippen molar-refractivity contribution in [2.24, 2.45) is 0 Å². The number of hydrogen-bond acceptors (Lipinski definition) is 7. The molecule has 11 nitrogen and oxygen atoms in total. The number of hydrogen-bond donors (Lipinski definition) is 2. The van der Waals surface area contributed by atoms with E-state index in [4.69, 9.17) is 4.74 Å². The van der Waals surface area contributed by atoms with Crippen molar-refractivity contribution in [3.05, 3.63) is 68.9 Å². The number of carbonyl (C=O) groups is 1. The number of nitrogens with one attached hydrogen (secondary N) is 2. The number of sulfonamides is 1. The first-order valence-electron chi connectivity index (χ1n) is 12.4. The maximum atomic E-state index is 13.3. The number of aryl methyl sites for hydroxylation is 1. The summed E-state index contributed by atoms with van der Waals surface area (Å²) in [7, 11) is -4.19. The quantitative estimate of drug-likeness (QED) is 0.284. The summed E-state index contributed by atoms with van der Waals surface area (Å²) in [5, 5.41) is 18.9. The number of aromatic nitrogens is 2. The first-order valence-corrected chi connectivity index (χ1v) is 13.9. The van der Waals surface area contributed by atoms with E-state index in [1.165, 1.54) is 16.8 Å². The number of rotatable bonds is 10. The van der Waals surface area contributed by atoms with E-state index in [0.29, 0.717) is 17.7 Å². The number of non-ortho nitro benzene ring substituents is 1. The summed E-state index contributed by atoms with van der Waals surface area (Å²) in [6.07, 6.45) is 2.32. The van der Waals surface area contributed by atoms with Gasteiger partial charge < -0.3 is 10.1 Å². The van der Waals surface area contributed by atoms with Crippen LogP contribution in [0.3, 0.4) is 0 Å². The van der Waals surface area contributed by atoms with Crippen LogP contribution in [0.4, 0.5) is 5.69 Å². The van der Waals surface area contributed by atoms with E-state index in [9.17, 15) is 23.3 Å². The molecular formula is C26H31N5O6S. The molecule has 2 N–H and O–H groups in total. The lowest BCUT2D eigenvalue weighted by Crippen LogP contribution is -2.32. The molecule has 1 amide bonds. The fraction of sp³-hybridized carbons (Fsp3) is 0.385. The molecule has 0 spiro atoms. The van der Waals surface area contributed by atoms with E-state index in [1.54, 1.807) is 13.8 Å². The number of benzene rings is 2. The van der Waals surface area contributed by atoms with Gasteiger partial charge in [0.25, 0.3) is 11.6 Å². The fourth-order valence-electron chi connectivity index (χ4n) is 3.85. The number of nitro benzene ring substituents is 1. The molecule has 1 unspecified atom stereocenters. The summed E-state index contributed by atoms with van der Waals surface area (Å²) in [4.78, 5) is 23.4. The van der Waals surface area contributed by atoms with Crippen molar-refractivity contribution in [2.75, 3.05) is 0 Å². The Hall–Kier alpha value is -3.77. The third kappa shape index (κ3) is 5.55. The molecule has 1 saturated carbocycles. The Morgan fingerprint density at radius 3 is 2.55 bits per heavy atom. The largest absolute Gasteiger partial charge is 0.437 e. The zero-order valence-corrected chi connectivity index (χ0v) is 22.8. The van der Waals surface area contributed by atoms with Crippen LogP contribution in [0.15, 0.2) is 41.3 Å². The van der Waals surface area contributed by atoms with Gasteiger partial charge in [-0.25, -0.2) is 13.1 Å². The molecule has 0 aliphatic heterocycles. The zero-order valence-electron chi connectivity index (χ0n) is 21.9. The van der Waals surface area contributed by atoms with Crippen LogP contribution in [0, 0.1) is 30.9 Å². The van der Waals surface area contributed by atoms with Crippen molar-refractivity contribution in [3.8, 4) is 17.3 Å². The van der Waals surface area contributed by atoms with Crippen molar-refractivity contribution in [1.82, 2.24) is 19.8 Å². The minimum Gasteiger partial charge on any atom is -0.437 e. The summed E-state index contributed by atoms with van der Waals surface area (Å²) in [5.41, 5.74) is 2.69. The summed E-state index contributed by atoms with van der Waals surface area (Å²) >= 11 is 0. The molecule has 38 heavy (non-hydrogen) atoms. The third-order valence-corrected chi connectivity index (χ3v) is 8.21. The fourth-order valence-corrected chi connectivity index (χ4v) is 5.32. The molecule has 4 rings (SSSR count). The molecule has 202 valence electrons. The van der Waals surface area contributed by atoms with Crippen molar-refractivity contribution < 1.29 is 22.9 Å². The number of carbonyl (C=O) groups excluding carboxylic acids is 1. The monoisotopic (exact) mass is 541 g/mol. The minimum atomic E-state index is -4.19. The standard InChI is InChI=1S/C26H31N5O6S/c1-6-16(3)29-38(35,36)23-14-20(31(33)34)12-13-22(23)37-26-18(5)24(25(32)27-19-10-11-19)28-30(26)21-9-7-8-15(2)17(21)4/h7-9,12-14,16,19,29H,6,10-11H2,1-5H3,(H,27,32). The molecular weight excluding hydrogens is 510 g/mol. The number of nitrogens with zero attached hydrogens (tertiary/aromatic N) is 3. The van der Waals surface area contributed by atoms with E-state index < -0.39 is 26.7 Å². The summed E-state index contributed by atoms with van der Waals surface area (Å²) in [6, 6.07) is 8.69. The maximum Gasteiger partial charge on any atom is 0.272 e. The maximum absolute atomic E-state index is 13.3. The van der Waals surface area contributed by atoms with Gasteiger partial charge in [-0.1, -0.05) is 19.1 Å². The van der Waals surface area contributed by atoms with Crippen LogP contribution < -0.4 is 14.8 Å². The highest BCUT2D eigenvalue weighted by Gasteiger charge is 2.31. The van der Waals surface area contributed by atoms with Gasteiger partial charge in [-0.2, -0.15) is 9.78 Å². The Labute approximate surface area is 221 Å². The molecule has 1 atom stereocenters. The Morgan fingerprint density at radius 1 is 1.21 bits per heavy atom. The van der Waals surface area contributed by atoms with Gasteiger partial charge in [0.05, 0.1) is 10.6 Å². The molecule has 0 saturated heterocycles. The smallest absolute Gasteiger partial charge is 0.272 e. The molecule has 12 heteroatoms. The summed E-state index contributed by atoms with van der Waals surface area (Å²) in [6.45, 7) is 9.03. The lowest BCUT2D eigenvalue weighted by Gasteiger charge is -2.17. The Bertz CT molecular complexity index is 1510. The van der Waals surface area contributed by atoms with Crippen molar-refractivity contribution in [3.63, 3.8) is 0 Å². The van der Waals surface area contributed by atoms with E-state index >= 15 is 0 Å². The molecule has 0 bridgehead atoms. The summed E-state index contributed by atoms with van der Waals surface area (Å²) in [5.74, 6) is -0.350. The molecule has 3 aromatic rings. The third-order valence-electron chi connectivity index (χ3n) is 6.60. The highest BCUT2D eigenvalue weighted by atomic mass is 32.2. The lowest BCUT2D eigenvalue weighted by atomic mass is 10.1. The second kappa shape index (κ2) is 10.5. The molecule has 1 fully saturated rings. The second-order valence-electron chi connectivity index (χ2n) is 9.58. The van der Waals surface area contributed by atoms with Crippen LogP contribution in [0.2, 0.25) is 0 Å². The van der Waals surface area contributed by atoms with Crippen molar-refractivity contribution in [1.29, 1.82) is 0 Å². The van der Waals surface area contributed by atoms with Gasteiger partial charge in [0, 0.05) is 29.8 Å². The van der Waals surface area contributed by atoms with Gasteiger partial charge in [-0.05, 0) is 70.2 Å². The average Bonchev–Trinajstić information content (AvgIpc) is 3.62. The zero-order chi connectivity index (χ0) is 27.8. The van der Waals surface area contributed by atoms with E-state index in [2.05, 4.69) is 15.1 Å². The molecule has 0 radical (unpaired) electrons. The molecule has 1 aliphatic rings. The van der Waals surface area contributed by atoms with Crippen LogP contribution in [0.5, 0.6) is 11.6 Å². The topological polar surface area (TPSA) is 145 Å². The Kier molecular flexibility index (Phi) is 7.56. The minimum absolute atomic E-state index is 0.107. The normalized spacial score (nSPS) is 14.2. The number of amides is 1. The SMILES string of the molecule is CCC(C)NS(=O)(=O)c1cc([N+](=O)[O-])ccc1Oc1c(C)c(C(=O)NC2CC2)nn1-c1cccc(C)c1C. The number of ether oxygens (including phenoxy) is 1. The summed E-state index contributed by atoms with van der Waals surface area (Å²) < 4.78 is 36.7. The first kappa shape index (κ1) is 27.3. The molecule has 1 heterocycles. The van der Waals surface area contributed by atoms with E-state index in [0.717, 1.165) is 30.0 Å². The molecule has 1 aliphatic carbocycles. The van der Waals surface area contributed by atoms with Gasteiger partial charge in [0.15, 0.2) is 5.69 Å². The predicted molar refractivity (Wildman–Crippen MR) is 142 cm³/mol. The van der Waals surface area contributed by atoms with Crippen LogP contribution in [-0.2, 0) is 10.0 Å². The van der Waals surface area contributed by atoms with Gasteiger partial charge in [-0.15, -0.1) is 0 Å². The van der Waals surface area contributed by atoms with Crippen molar-refractivity contribution >= 4 is 21.6 Å². The molecule has 1 aromatic heterocycles.